The van der Waals surface area contributed by atoms with Gasteiger partial charge in [0.1, 0.15) is 6.54 Å². The average molecular weight is 312 g/mol. The summed E-state index contributed by atoms with van der Waals surface area (Å²) in [5.74, 6) is 0.204. The molecule has 1 aromatic rings. The van der Waals surface area contributed by atoms with E-state index in [0.29, 0.717) is 18.2 Å². The van der Waals surface area contributed by atoms with Gasteiger partial charge in [0.05, 0.1) is 11.9 Å². The van der Waals surface area contributed by atoms with Gasteiger partial charge in [0.2, 0.25) is 15.9 Å². The summed E-state index contributed by atoms with van der Waals surface area (Å²) in [7, 11) is -3.49. The molecular formula is C15H24N2O3S. The Morgan fingerprint density at radius 2 is 1.81 bits per heavy atom. The van der Waals surface area contributed by atoms with E-state index in [1.807, 2.05) is 19.1 Å². The molecule has 0 atom stereocenters. The average Bonchev–Trinajstić information content (AvgIpc) is 2.35. The molecule has 1 rings (SSSR count). The third-order valence-corrected chi connectivity index (χ3v) is 4.19. The van der Waals surface area contributed by atoms with Crippen LogP contribution in [0.2, 0.25) is 0 Å². The molecule has 0 bridgehead atoms. The highest BCUT2D eigenvalue weighted by Gasteiger charge is 2.20. The zero-order valence-corrected chi connectivity index (χ0v) is 13.9. The van der Waals surface area contributed by atoms with Crippen LogP contribution >= 0.6 is 0 Å². The molecular weight excluding hydrogens is 288 g/mol. The lowest BCUT2D eigenvalue weighted by Crippen LogP contribution is -2.40. The largest absolute Gasteiger partial charge is 0.355 e. The van der Waals surface area contributed by atoms with Crippen LogP contribution in [0.25, 0.3) is 0 Å². The summed E-state index contributed by atoms with van der Waals surface area (Å²) in [5.41, 5.74) is 1.54. The molecule has 0 aliphatic carbocycles. The third-order valence-electron chi connectivity index (χ3n) is 3.05. The lowest BCUT2D eigenvalue weighted by Gasteiger charge is -2.22. The van der Waals surface area contributed by atoms with Crippen molar-refractivity contribution in [2.45, 2.75) is 27.2 Å². The van der Waals surface area contributed by atoms with Crippen molar-refractivity contribution in [1.82, 2.24) is 5.32 Å². The van der Waals surface area contributed by atoms with Crippen LogP contribution in [0, 0.1) is 12.8 Å². The van der Waals surface area contributed by atoms with Gasteiger partial charge in [0.15, 0.2) is 0 Å². The Hall–Kier alpha value is -1.56. The SMILES string of the molecule is Cc1ccc(N(CC(=O)NCCC(C)C)S(C)(=O)=O)cc1. The molecule has 0 radical (unpaired) electrons. The zero-order chi connectivity index (χ0) is 16.0. The van der Waals surface area contributed by atoms with E-state index in [9.17, 15) is 13.2 Å². The number of amides is 1. The fourth-order valence-corrected chi connectivity index (χ4v) is 2.65. The maximum absolute atomic E-state index is 11.9. The number of anilines is 1. The van der Waals surface area contributed by atoms with E-state index in [1.54, 1.807) is 12.1 Å². The van der Waals surface area contributed by atoms with Gasteiger partial charge in [0.25, 0.3) is 0 Å². The van der Waals surface area contributed by atoms with Crippen molar-refractivity contribution in [2.24, 2.45) is 5.92 Å². The molecule has 0 aromatic heterocycles. The standard InChI is InChI=1S/C15H24N2O3S/c1-12(2)9-10-16-15(18)11-17(21(4,19)20)14-7-5-13(3)6-8-14/h5-8,12H,9-11H2,1-4H3,(H,16,18). The lowest BCUT2D eigenvalue weighted by molar-refractivity contribution is -0.119. The Balaban J connectivity index is 2.76. The van der Waals surface area contributed by atoms with Crippen molar-refractivity contribution in [3.8, 4) is 0 Å². The Labute approximate surface area is 127 Å². The fourth-order valence-electron chi connectivity index (χ4n) is 1.80. The van der Waals surface area contributed by atoms with E-state index >= 15 is 0 Å². The minimum atomic E-state index is -3.49. The summed E-state index contributed by atoms with van der Waals surface area (Å²) >= 11 is 0. The first kappa shape index (κ1) is 17.5. The minimum Gasteiger partial charge on any atom is -0.355 e. The fraction of sp³-hybridized carbons (Fsp3) is 0.533. The summed E-state index contributed by atoms with van der Waals surface area (Å²) in [6, 6.07) is 7.06. The quantitative estimate of drug-likeness (QED) is 0.836. The molecule has 6 heteroatoms. The van der Waals surface area contributed by atoms with E-state index in [1.165, 1.54) is 0 Å². The maximum Gasteiger partial charge on any atom is 0.240 e. The van der Waals surface area contributed by atoms with E-state index < -0.39 is 10.0 Å². The maximum atomic E-state index is 11.9. The van der Waals surface area contributed by atoms with Crippen molar-refractivity contribution in [1.29, 1.82) is 0 Å². The summed E-state index contributed by atoms with van der Waals surface area (Å²) < 4.78 is 24.9. The van der Waals surface area contributed by atoms with Gasteiger partial charge < -0.3 is 5.32 Å². The van der Waals surface area contributed by atoms with E-state index in [4.69, 9.17) is 0 Å². The van der Waals surface area contributed by atoms with Gasteiger partial charge in [-0.15, -0.1) is 0 Å². The van der Waals surface area contributed by atoms with Gasteiger partial charge in [-0.25, -0.2) is 8.42 Å². The van der Waals surface area contributed by atoms with E-state index in [0.717, 1.165) is 22.5 Å². The van der Waals surface area contributed by atoms with Gasteiger partial charge in [0, 0.05) is 6.54 Å². The Kier molecular flexibility index (Phi) is 6.20. The number of aryl methyl sites for hydroxylation is 1. The van der Waals surface area contributed by atoms with Crippen molar-refractivity contribution < 1.29 is 13.2 Å². The van der Waals surface area contributed by atoms with Gasteiger partial charge in [-0.2, -0.15) is 0 Å². The normalized spacial score (nSPS) is 11.5. The molecule has 1 aromatic carbocycles. The predicted octanol–water partition coefficient (Wildman–Crippen LogP) is 1.92. The molecule has 1 N–H and O–H groups in total. The molecule has 1 amide bonds. The Bertz CT molecular complexity index is 565. The van der Waals surface area contributed by atoms with Crippen LogP contribution in [0.5, 0.6) is 0 Å². The number of nitrogens with one attached hydrogen (secondary N) is 1. The Morgan fingerprint density at radius 1 is 1.24 bits per heavy atom. The summed E-state index contributed by atoms with van der Waals surface area (Å²) in [6.45, 7) is 6.43. The van der Waals surface area contributed by atoms with Crippen LogP contribution in [-0.4, -0.2) is 33.7 Å². The second-order valence-corrected chi connectivity index (χ2v) is 7.54. The number of sulfonamides is 1. The molecule has 0 aliphatic heterocycles. The first-order valence-electron chi connectivity index (χ1n) is 7.01. The minimum absolute atomic E-state index is 0.194. The van der Waals surface area contributed by atoms with Crippen molar-refractivity contribution in [2.75, 3.05) is 23.7 Å². The molecule has 0 spiro atoms. The molecule has 0 heterocycles. The number of rotatable bonds is 7. The molecule has 21 heavy (non-hydrogen) atoms. The molecule has 118 valence electrons. The highest BCUT2D eigenvalue weighted by Crippen LogP contribution is 2.17. The highest BCUT2D eigenvalue weighted by atomic mass is 32.2. The first-order valence-corrected chi connectivity index (χ1v) is 8.86. The topological polar surface area (TPSA) is 66.5 Å². The zero-order valence-electron chi connectivity index (χ0n) is 13.1. The van der Waals surface area contributed by atoms with Crippen LogP contribution in [0.3, 0.4) is 0 Å². The Morgan fingerprint density at radius 3 is 2.29 bits per heavy atom. The van der Waals surface area contributed by atoms with Crippen molar-refractivity contribution in [3.63, 3.8) is 0 Å². The number of nitrogens with zero attached hydrogens (tertiary/aromatic N) is 1. The highest BCUT2D eigenvalue weighted by molar-refractivity contribution is 7.92. The van der Waals surface area contributed by atoms with Gasteiger partial charge in [-0.1, -0.05) is 31.5 Å². The molecule has 0 fully saturated rings. The van der Waals surface area contributed by atoms with Crippen LogP contribution < -0.4 is 9.62 Å². The predicted molar refractivity (Wildman–Crippen MR) is 85.8 cm³/mol. The van der Waals surface area contributed by atoms with Crippen LogP contribution in [0.4, 0.5) is 5.69 Å². The molecule has 0 unspecified atom stereocenters. The van der Waals surface area contributed by atoms with Crippen LogP contribution in [0.15, 0.2) is 24.3 Å². The number of hydrogen-bond donors (Lipinski definition) is 1. The van der Waals surface area contributed by atoms with Crippen LogP contribution in [-0.2, 0) is 14.8 Å². The van der Waals surface area contributed by atoms with Gasteiger partial charge in [-0.3, -0.25) is 9.10 Å². The monoisotopic (exact) mass is 312 g/mol. The molecule has 5 nitrogen and oxygen atoms in total. The second-order valence-electron chi connectivity index (χ2n) is 5.64. The molecule has 0 saturated heterocycles. The van der Waals surface area contributed by atoms with Gasteiger partial charge >= 0.3 is 0 Å². The smallest absolute Gasteiger partial charge is 0.240 e. The number of benzene rings is 1. The lowest BCUT2D eigenvalue weighted by atomic mass is 10.1. The number of hydrogen-bond acceptors (Lipinski definition) is 3. The third kappa shape index (κ3) is 6.16. The molecule has 0 aliphatic rings. The molecule has 0 saturated carbocycles. The van der Waals surface area contributed by atoms with Gasteiger partial charge in [-0.05, 0) is 31.4 Å². The number of carbonyl (C=O) groups is 1. The summed E-state index contributed by atoms with van der Waals surface area (Å²) in [6.07, 6.45) is 1.98. The van der Waals surface area contributed by atoms with Crippen molar-refractivity contribution in [3.05, 3.63) is 29.8 Å². The van der Waals surface area contributed by atoms with Crippen molar-refractivity contribution >= 4 is 21.6 Å². The first-order chi connectivity index (χ1) is 9.70. The van der Waals surface area contributed by atoms with Crippen LogP contribution in [0.1, 0.15) is 25.8 Å². The van der Waals surface area contributed by atoms with E-state index in [-0.39, 0.29) is 12.5 Å². The summed E-state index contributed by atoms with van der Waals surface area (Å²) in [4.78, 5) is 11.9. The second kappa shape index (κ2) is 7.45. The van der Waals surface area contributed by atoms with E-state index in [2.05, 4.69) is 19.2 Å². The summed E-state index contributed by atoms with van der Waals surface area (Å²) in [5, 5.41) is 2.75. The number of carbonyl (C=O) groups excluding carboxylic acids is 1.